The zero-order valence-corrected chi connectivity index (χ0v) is 13.2. The van der Waals surface area contributed by atoms with E-state index in [9.17, 15) is 0 Å². The summed E-state index contributed by atoms with van der Waals surface area (Å²) in [7, 11) is 0. The molecule has 0 unspecified atom stereocenters. The topological polar surface area (TPSA) is 38.4 Å². The minimum atomic E-state index is 0.492. The molecule has 4 saturated carbocycles. The van der Waals surface area contributed by atoms with Crippen LogP contribution in [0.4, 0.5) is 0 Å². The normalized spacial score (nSPS) is 39.2. The summed E-state index contributed by atoms with van der Waals surface area (Å²) in [5, 5.41) is 0. The van der Waals surface area contributed by atoms with Crippen LogP contribution in [0.15, 0.2) is 33.7 Å². The Labute approximate surface area is 129 Å². The minimum Gasteiger partial charge on any atom is -0.383 e. The SMILES string of the molecule is NC(=NC1C2CC3CC(C2)CC1C3)c1ccc(Br)cc1. The molecule has 0 heterocycles. The van der Waals surface area contributed by atoms with Crippen molar-refractivity contribution in [3.63, 3.8) is 0 Å². The maximum Gasteiger partial charge on any atom is 0.125 e. The Morgan fingerprint density at radius 2 is 1.50 bits per heavy atom. The standard InChI is InChI=1S/C17H21BrN2/c18-15-3-1-12(2-4-15)17(19)20-16-13-6-10-5-11(8-13)9-14(16)7-10/h1-4,10-11,13-14,16H,5-9H2,(H2,19,20). The maximum atomic E-state index is 6.26. The van der Waals surface area contributed by atoms with Gasteiger partial charge < -0.3 is 5.73 Å². The summed E-state index contributed by atoms with van der Waals surface area (Å²) in [4.78, 5) is 4.95. The van der Waals surface area contributed by atoms with Crippen LogP contribution in [0.2, 0.25) is 0 Å². The molecular weight excluding hydrogens is 312 g/mol. The fraction of sp³-hybridized carbons (Fsp3) is 0.588. The van der Waals surface area contributed by atoms with E-state index < -0.39 is 0 Å². The Kier molecular flexibility index (Phi) is 3.13. The molecule has 5 rings (SSSR count). The molecule has 0 aromatic heterocycles. The molecule has 106 valence electrons. The monoisotopic (exact) mass is 332 g/mol. The van der Waals surface area contributed by atoms with Crippen molar-refractivity contribution in [1.82, 2.24) is 0 Å². The predicted octanol–water partition coefficient (Wildman–Crippen LogP) is 3.98. The number of hydrogen-bond acceptors (Lipinski definition) is 1. The molecule has 0 saturated heterocycles. The molecule has 0 aliphatic heterocycles. The smallest absolute Gasteiger partial charge is 0.125 e. The van der Waals surface area contributed by atoms with Gasteiger partial charge in [-0.3, -0.25) is 4.99 Å². The molecule has 4 bridgehead atoms. The van der Waals surface area contributed by atoms with Crippen LogP contribution in [0, 0.1) is 23.7 Å². The summed E-state index contributed by atoms with van der Waals surface area (Å²) in [5.74, 6) is 4.34. The van der Waals surface area contributed by atoms with Crippen LogP contribution in [-0.4, -0.2) is 11.9 Å². The average molecular weight is 333 g/mol. The van der Waals surface area contributed by atoms with Crippen molar-refractivity contribution in [3.8, 4) is 0 Å². The number of nitrogens with zero attached hydrogens (tertiary/aromatic N) is 1. The molecule has 1 aromatic rings. The molecule has 2 N–H and O–H groups in total. The zero-order valence-electron chi connectivity index (χ0n) is 11.6. The van der Waals surface area contributed by atoms with Crippen molar-refractivity contribution < 1.29 is 0 Å². The van der Waals surface area contributed by atoms with Crippen LogP contribution >= 0.6 is 15.9 Å². The third-order valence-corrected chi connectivity index (χ3v) is 6.13. The highest BCUT2D eigenvalue weighted by atomic mass is 79.9. The first-order chi connectivity index (χ1) is 9.69. The summed E-state index contributed by atoms with van der Waals surface area (Å²) in [6.45, 7) is 0. The van der Waals surface area contributed by atoms with E-state index in [1.807, 2.05) is 12.1 Å². The molecule has 0 atom stereocenters. The Balaban J connectivity index is 1.58. The third-order valence-electron chi connectivity index (χ3n) is 5.61. The van der Waals surface area contributed by atoms with Crippen LogP contribution in [0.25, 0.3) is 0 Å². The lowest BCUT2D eigenvalue weighted by molar-refractivity contribution is 0.00126. The van der Waals surface area contributed by atoms with Crippen molar-refractivity contribution in [2.45, 2.75) is 38.1 Å². The van der Waals surface area contributed by atoms with Gasteiger partial charge in [-0.2, -0.15) is 0 Å². The van der Waals surface area contributed by atoms with Gasteiger partial charge in [-0.15, -0.1) is 0 Å². The summed E-state index contributed by atoms with van der Waals surface area (Å²) in [5.41, 5.74) is 7.32. The van der Waals surface area contributed by atoms with E-state index in [1.165, 1.54) is 32.1 Å². The van der Waals surface area contributed by atoms with Crippen molar-refractivity contribution in [1.29, 1.82) is 0 Å². The van der Waals surface area contributed by atoms with Gasteiger partial charge in [-0.05, 0) is 67.9 Å². The number of hydrogen-bond donors (Lipinski definition) is 1. The third kappa shape index (κ3) is 2.20. The lowest BCUT2D eigenvalue weighted by Gasteiger charge is -2.53. The second-order valence-corrected chi connectivity index (χ2v) is 7.86. The number of benzene rings is 1. The number of rotatable bonds is 2. The van der Waals surface area contributed by atoms with E-state index >= 15 is 0 Å². The van der Waals surface area contributed by atoms with E-state index in [0.29, 0.717) is 6.04 Å². The fourth-order valence-electron chi connectivity index (χ4n) is 4.96. The minimum absolute atomic E-state index is 0.492. The average Bonchev–Trinajstić information content (AvgIpc) is 2.42. The molecule has 1 aromatic carbocycles. The van der Waals surface area contributed by atoms with Gasteiger partial charge in [-0.25, -0.2) is 0 Å². The number of aliphatic imine (C=N–C) groups is 1. The van der Waals surface area contributed by atoms with E-state index in [2.05, 4.69) is 28.1 Å². The maximum absolute atomic E-state index is 6.26. The Bertz CT molecular complexity index is 506. The van der Waals surface area contributed by atoms with Gasteiger partial charge in [0.05, 0.1) is 6.04 Å². The fourth-order valence-corrected chi connectivity index (χ4v) is 5.23. The molecule has 20 heavy (non-hydrogen) atoms. The molecule has 4 aliphatic carbocycles. The van der Waals surface area contributed by atoms with E-state index in [-0.39, 0.29) is 0 Å². The van der Waals surface area contributed by atoms with E-state index in [0.717, 1.165) is 39.5 Å². The molecule has 0 radical (unpaired) electrons. The van der Waals surface area contributed by atoms with Gasteiger partial charge in [-0.1, -0.05) is 28.1 Å². The molecule has 2 nitrogen and oxygen atoms in total. The van der Waals surface area contributed by atoms with Gasteiger partial charge in [0.1, 0.15) is 5.84 Å². The molecular formula is C17H21BrN2. The Hall–Kier alpha value is -0.830. The summed E-state index contributed by atoms with van der Waals surface area (Å²) in [6, 6.07) is 8.67. The molecule has 4 aliphatic rings. The van der Waals surface area contributed by atoms with Crippen molar-refractivity contribution >= 4 is 21.8 Å². The van der Waals surface area contributed by atoms with Gasteiger partial charge >= 0.3 is 0 Å². The summed E-state index contributed by atoms with van der Waals surface area (Å²) >= 11 is 3.46. The van der Waals surface area contributed by atoms with Gasteiger partial charge in [0.15, 0.2) is 0 Å². The zero-order chi connectivity index (χ0) is 13.7. The lowest BCUT2D eigenvalue weighted by atomic mass is 9.54. The molecule has 4 fully saturated rings. The van der Waals surface area contributed by atoms with Gasteiger partial charge in [0, 0.05) is 10.0 Å². The summed E-state index contributed by atoms with van der Waals surface area (Å²) in [6.07, 6.45) is 7.08. The summed E-state index contributed by atoms with van der Waals surface area (Å²) < 4.78 is 1.09. The highest BCUT2D eigenvalue weighted by Crippen LogP contribution is 2.54. The lowest BCUT2D eigenvalue weighted by Crippen LogP contribution is -2.48. The highest BCUT2D eigenvalue weighted by molar-refractivity contribution is 9.10. The number of amidine groups is 1. The van der Waals surface area contributed by atoms with Gasteiger partial charge in [0.25, 0.3) is 0 Å². The van der Waals surface area contributed by atoms with E-state index in [1.54, 1.807) is 0 Å². The first kappa shape index (κ1) is 12.9. The van der Waals surface area contributed by atoms with Crippen LogP contribution < -0.4 is 5.73 Å². The molecule has 0 amide bonds. The quantitative estimate of drug-likeness (QED) is 0.645. The highest BCUT2D eigenvalue weighted by Gasteiger charge is 2.48. The predicted molar refractivity (Wildman–Crippen MR) is 85.7 cm³/mol. The van der Waals surface area contributed by atoms with E-state index in [4.69, 9.17) is 10.7 Å². The number of nitrogens with two attached hydrogens (primary N) is 1. The Morgan fingerprint density at radius 3 is 2.05 bits per heavy atom. The molecule has 3 heteroatoms. The van der Waals surface area contributed by atoms with Crippen LogP contribution in [0.3, 0.4) is 0 Å². The van der Waals surface area contributed by atoms with Crippen molar-refractivity contribution in [2.24, 2.45) is 34.4 Å². The van der Waals surface area contributed by atoms with Crippen molar-refractivity contribution in [2.75, 3.05) is 0 Å². The number of halogens is 1. The van der Waals surface area contributed by atoms with Gasteiger partial charge in [0.2, 0.25) is 0 Å². The van der Waals surface area contributed by atoms with Crippen LogP contribution in [-0.2, 0) is 0 Å². The second kappa shape index (κ2) is 4.87. The van der Waals surface area contributed by atoms with Crippen LogP contribution in [0.1, 0.15) is 37.7 Å². The van der Waals surface area contributed by atoms with Crippen LogP contribution in [0.5, 0.6) is 0 Å². The Morgan fingerprint density at radius 1 is 0.950 bits per heavy atom. The van der Waals surface area contributed by atoms with Crippen molar-refractivity contribution in [3.05, 3.63) is 34.3 Å². The first-order valence-electron chi connectivity index (χ1n) is 7.78. The second-order valence-electron chi connectivity index (χ2n) is 6.94. The molecule has 0 spiro atoms. The largest absolute Gasteiger partial charge is 0.383 e. The first-order valence-corrected chi connectivity index (χ1v) is 8.57.